The lowest BCUT2D eigenvalue weighted by molar-refractivity contribution is 0.134. The third-order valence-corrected chi connectivity index (χ3v) is 2.32. The van der Waals surface area contributed by atoms with Crippen molar-refractivity contribution in [1.82, 2.24) is 10.2 Å². The number of hydrogen-bond acceptors (Lipinski definition) is 3. The molecular formula is C12H28N2O. The first kappa shape index (κ1) is 14.9. The van der Waals surface area contributed by atoms with E-state index >= 15 is 0 Å². The van der Waals surface area contributed by atoms with Gasteiger partial charge in [-0.05, 0) is 19.4 Å². The zero-order valence-corrected chi connectivity index (χ0v) is 11.0. The van der Waals surface area contributed by atoms with E-state index in [4.69, 9.17) is 4.74 Å². The van der Waals surface area contributed by atoms with Crippen LogP contribution < -0.4 is 5.32 Å². The molecule has 3 nitrogen and oxygen atoms in total. The van der Waals surface area contributed by atoms with Crippen LogP contribution in [0.2, 0.25) is 0 Å². The Bertz CT molecular complexity index is 140. The van der Waals surface area contributed by atoms with Gasteiger partial charge in [0.25, 0.3) is 0 Å². The molecule has 3 heteroatoms. The molecule has 1 atom stereocenters. The van der Waals surface area contributed by atoms with E-state index in [1.54, 1.807) is 7.11 Å². The third kappa shape index (κ3) is 8.85. The van der Waals surface area contributed by atoms with Crippen LogP contribution in [0.3, 0.4) is 0 Å². The predicted octanol–water partition coefficient (Wildman–Crippen LogP) is 1.59. The molecule has 0 amide bonds. The molecule has 0 aliphatic carbocycles. The van der Waals surface area contributed by atoms with Gasteiger partial charge in [-0.3, -0.25) is 4.90 Å². The fourth-order valence-corrected chi connectivity index (χ4v) is 1.79. The number of rotatable bonds is 9. The molecule has 0 radical (unpaired) electrons. The Morgan fingerprint density at radius 2 is 1.87 bits per heavy atom. The van der Waals surface area contributed by atoms with Crippen LogP contribution in [0, 0.1) is 5.92 Å². The number of methoxy groups -OCH3 is 1. The van der Waals surface area contributed by atoms with E-state index in [1.165, 1.54) is 0 Å². The fraction of sp³-hybridized carbons (Fsp3) is 1.00. The highest BCUT2D eigenvalue weighted by Gasteiger charge is 2.10. The Morgan fingerprint density at radius 3 is 2.33 bits per heavy atom. The molecule has 0 fully saturated rings. The minimum Gasteiger partial charge on any atom is -0.383 e. The Kier molecular flexibility index (Phi) is 9.06. The van der Waals surface area contributed by atoms with Crippen LogP contribution in [0.4, 0.5) is 0 Å². The first-order valence-electron chi connectivity index (χ1n) is 6.04. The number of ether oxygens (including phenoxy) is 1. The maximum Gasteiger partial charge on any atom is 0.0589 e. The predicted molar refractivity (Wildman–Crippen MR) is 66.3 cm³/mol. The molecule has 0 aromatic heterocycles. The largest absolute Gasteiger partial charge is 0.383 e. The van der Waals surface area contributed by atoms with Crippen LogP contribution in [0.1, 0.15) is 27.7 Å². The van der Waals surface area contributed by atoms with Gasteiger partial charge in [-0.15, -0.1) is 0 Å². The zero-order valence-electron chi connectivity index (χ0n) is 11.0. The second-order valence-electron chi connectivity index (χ2n) is 4.60. The number of nitrogens with one attached hydrogen (secondary N) is 1. The van der Waals surface area contributed by atoms with Crippen molar-refractivity contribution in [3.63, 3.8) is 0 Å². The summed E-state index contributed by atoms with van der Waals surface area (Å²) in [6, 6.07) is 0.561. The van der Waals surface area contributed by atoms with Gasteiger partial charge in [-0.2, -0.15) is 0 Å². The standard InChI is InChI=1S/C12H28N2O/c1-6-13-12(4)10-14(7-8-15-5)9-11(2)3/h11-13H,6-10H2,1-5H3. The summed E-state index contributed by atoms with van der Waals surface area (Å²) in [5.74, 6) is 0.718. The topological polar surface area (TPSA) is 24.5 Å². The number of nitrogens with zero attached hydrogens (tertiary/aromatic N) is 1. The lowest BCUT2D eigenvalue weighted by Gasteiger charge is -2.27. The van der Waals surface area contributed by atoms with E-state index in [0.29, 0.717) is 6.04 Å². The molecule has 0 aromatic rings. The van der Waals surface area contributed by atoms with Crippen molar-refractivity contribution >= 4 is 0 Å². The zero-order chi connectivity index (χ0) is 11.7. The van der Waals surface area contributed by atoms with Crippen LogP contribution in [0.15, 0.2) is 0 Å². The van der Waals surface area contributed by atoms with Crippen molar-refractivity contribution in [1.29, 1.82) is 0 Å². The van der Waals surface area contributed by atoms with Crippen molar-refractivity contribution in [3.8, 4) is 0 Å². The molecule has 1 unspecified atom stereocenters. The quantitative estimate of drug-likeness (QED) is 0.633. The summed E-state index contributed by atoms with van der Waals surface area (Å²) in [4.78, 5) is 2.47. The van der Waals surface area contributed by atoms with E-state index in [2.05, 4.69) is 37.9 Å². The van der Waals surface area contributed by atoms with Crippen molar-refractivity contribution in [2.75, 3.05) is 39.9 Å². The normalized spacial score (nSPS) is 13.8. The summed E-state index contributed by atoms with van der Waals surface area (Å²) < 4.78 is 5.13. The van der Waals surface area contributed by atoms with Gasteiger partial charge in [0.15, 0.2) is 0 Å². The van der Waals surface area contributed by atoms with E-state index in [9.17, 15) is 0 Å². The minimum atomic E-state index is 0.561. The van der Waals surface area contributed by atoms with Gasteiger partial charge >= 0.3 is 0 Å². The highest BCUT2D eigenvalue weighted by Crippen LogP contribution is 2.00. The average Bonchev–Trinajstić information content (AvgIpc) is 2.13. The highest BCUT2D eigenvalue weighted by atomic mass is 16.5. The molecule has 1 N–H and O–H groups in total. The molecule has 0 aliphatic rings. The van der Waals surface area contributed by atoms with E-state index < -0.39 is 0 Å². The average molecular weight is 216 g/mol. The van der Waals surface area contributed by atoms with E-state index in [0.717, 1.165) is 38.7 Å². The molecule has 0 aromatic carbocycles. The molecule has 0 rings (SSSR count). The van der Waals surface area contributed by atoms with Gasteiger partial charge in [-0.1, -0.05) is 20.8 Å². The van der Waals surface area contributed by atoms with Gasteiger partial charge in [0.1, 0.15) is 0 Å². The van der Waals surface area contributed by atoms with Crippen LogP contribution in [0.5, 0.6) is 0 Å². The van der Waals surface area contributed by atoms with Crippen LogP contribution >= 0.6 is 0 Å². The van der Waals surface area contributed by atoms with E-state index in [-0.39, 0.29) is 0 Å². The maximum absolute atomic E-state index is 5.13. The molecule has 0 saturated heterocycles. The molecule has 0 heterocycles. The molecule has 0 saturated carbocycles. The molecular weight excluding hydrogens is 188 g/mol. The maximum atomic E-state index is 5.13. The van der Waals surface area contributed by atoms with Crippen molar-refractivity contribution in [2.45, 2.75) is 33.7 Å². The second-order valence-corrected chi connectivity index (χ2v) is 4.60. The molecule has 0 aliphatic heterocycles. The van der Waals surface area contributed by atoms with Gasteiger partial charge in [0.05, 0.1) is 6.61 Å². The summed E-state index contributed by atoms with van der Waals surface area (Å²) in [7, 11) is 1.77. The molecule has 15 heavy (non-hydrogen) atoms. The fourth-order valence-electron chi connectivity index (χ4n) is 1.79. The van der Waals surface area contributed by atoms with Crippen molar-refractivity contribution in [2.24, 2.45) is 5.92 Å². The van der Waals surface area contributed by atoms with Crippen LogP contribution in [-0.2, 0) is 4.74 Å². The summed E-state index contributed by atoms with van der Waals surface area (Å²) in [5.41, 5.74) is 0. The monoisotopic (exact) mass is 216 g/mol. The highest BCUT2D eigenvalue weighted by molar-refractivity contribution is 4.68. The lowest BCUT2D eigenvalue weighted by Crippen LogP contribution is -2.42. The summed E-state index contributed by atoms with van der Waals surface area (Å²) in [6.07, 6.45) is 0. The van der Waals surface area contributed by atoms with Crippen LogP contribution in [-0.4, -0.2) is 50.8 Å². The SMILES string of the molecule is CCNC(C)CN(CCOC)CC(C)C. The van der Waals surface area contributed by atoms with Crippen molar-refractivity contribution < 1.29 is 4.74 Å². The Balaban J connectivity index is 3.87. The molecule has 0 bridgehead atoms. The second kappa shape index (κ2) is 9.13. The first-order valence-corrected chi connectivity index (χ1v) is 6.04. The number of hydrogen-bond donors (Lipinski definition) is 1. The Labute approximate surface area is 95.2 Å². The minimum absolute atomic E-state index is 0.561. The summed E-state index contributed by atoms with van der Waals surface area (Å²) in [6.45, 7) is 14.1. The van der Waals surface area contributed by atoms with Crippen molar-refractivity contribution in [3.05, 3.63) is 0 Å². The van der Waals surface area contributed by atoms with E-state index in [1.807, 2.05) is 0 Å². The smallest absolute Gasteiger partial charge is 0.0589 e. The van der Waals surface area contributed by atoms with Gasteiger partial charge in [-0.25, -0.2) is 0 Å². The first-order chi connectivity index (χ1) is 7.10. The lowest BCUT2D eigenvalue weighted by atomic mass is 10.2. The Hall–Kier alpha value is -0.120. The summed E-state index contributed by atoms with van der Waals surface area (Å²) in [5, 5.41) is 3.44. The Morgan fingerprint density at radius 1 is 1.20 bits per heavy atom. The molecule has 0 spiro atoms. The molecule has 92 valence electrons. The third-order valence-electron chi connectivity index (χ3n) is 2.32. The number of likely N-dealkylation sites (N-methyl/N-ethyl adjacent to an activating group) is 1. The van der Waals surface area contributed by atoms with Crippen LogP contribution in [0.25, 0.3) is 0 Å². The van der Waals surface area contributed by atoms with Gasteiger partial charge in [0, 0.05) is 32.8 Å². The summed E-state index contributed by atoms with van der Waals surface area (Å²) >= 11 is 0. The van der Waals surface area contributed by atoms with Gasteiger partial charge < -0.3 is 10.1 Å². The van der Waals surface area contributed by atoms with Gasteiger partial charge in [0.2, 0.25) is 0 Å².